The summed E-state index contributed by atoms with van der Waals surface area (Å²) < 4.78 is 13.0. The molecule has 0 fully saturated rings. The van der Waals surface area contributed by atoms with Crippen LogP contribution in [0.1, 0.15) is 17.4 Å². The van der Waals surface area contributed by atoms with E-state index in [-0.39, 0.29) is 5.56 Å². The number of benzene rings is 1. The minimum absolute atomic E-state index is 0.263. The van der Waals surface area contributed by atoms with Crippen LogP contribution in [0.2, 0.25) is 5.02 Å². The van der Waals surface area contributed by atoms with Crippen LogP contribution in [-0.4, -0.2) is 6.08 Å². The zero-order valence-corrected chi connectivity index (χ0v) is 7.68. The number of hydrogen-bond donors (Lipinski definition) is 0. The Morgan fingerprint density at radius 3 is 2.85 bits per heavy atom. The lowest BCUT2D eigenvalue weighted by Gasteiger charge is -2.03. The van der Waals surface area contributed by atoms with Crippen molar-refractivity contribution in [2.75, 3.05) is 0 Å². The Morgan fingerprint density at radius 2 is 2.31 bits per heavy atom. The smallest absolute Gasteiger partial charge is 0.215 e. The number of alkyl halides is 1. The maximum absolute atomic E-state index is 13.0. The predicted molar refractivity (Wildman–Crippen MR) is 48.2 cm³/mol. The van der Waals surface area contributed by atoms with E-state index in [0.717, 1.165) is 11.6 Å². The van der Waals surface area contributed by atoms with Crippen LogP contribution >= 0.6 is 11.6 Å². The molecule has 1 aromatic rings. The van der Waals surface area contributed by atoms with E-state index in [1.807, 2.05) is 6.92 Å². The van der Waals surface area contributed by atoms with Gasteiger partial charge in [-0.25, -0.2) is 9.18 Å². The van der Waals surface area contributed by atoms with Gasteiger partial charge in [-0.2, -0.15) is 4.99 Å². The Morgan fingerprint density at radius 1 is 1.62 bits per heavy atom. The van der Waals surface area contributed by atoms with Gasteiger partial charge in [-0.3, -0.25) is 0 Å². The fourth-order valence-corrected chi connectivity index (χ4v) is 1.07. The fraction of sp³-hybridized carbons (Fsp3) is 0.222. The Hall–Kier alpha value is -1.18. The summed E-state index contributed by atoms with van der Waals surface area (Å²) in [4.78, 5) is 12.7. The zero-order valence-electron chi connectivity index (χ0n) is 6.92. The second-order valence-electron chi connectivity index (χ2n) is 2.56. The van der Waals surface area contributed by atoms with Crippen molar-refractivity contribution in [2.24, 2.45) is 4.99 Å². The van der Waals surface area contributed by atoms with E-state index in [0.29, 0.717) is 5.02 Å². The predicted octanol–water partition coefficient (Wildman–Crippen LogP) is 2.95. The summed E-state index contributed by atoms with van der Waals surface area (Å²) >= 11 is 5.75. The van der Waals surface area contributed by atoms with Crippen LogP contribution in [0.4, 0.5) is 4.39 Å². The third kappa shape index (κ3) is 2.38. The van der Waals surface area contributed by atoms with Crippen LogP contribution in [0, 0.1) is 6.92 Å². The Labute approximate surface area is 80.1 Å². The summed E-state index contributed by atoms with van der Waals surface area (Å²) in [5.41, 5.74) is 1.12. The molecule has 1 aromatic carbocycles. The maximum Gasteiger partial charge on any atom is 0.238 e. The average Bonchev–Trinajstić information content (AvgIpc) is 2.10. The van der Waals surface area contributed by atoms with Crippen LogP contribution in [-0.2, 0) is 4.79 Å². The second-order valence-corrected chi connectivity index (χ2v) is 2.97. The van der Waals surface area contributed by atoms with Gasteiger partial charge >= 0.3 is 0 Å². The van der Waals surface area contributed by atoms with E-state index < -0.39 is 6.30 Å². The number of nitrogens with zero attached hydrogens (tertiary/aromatic N) is 1. The number of rotatable bonds is 2. The molecule has 0 aromatic heterocycles. The molecule has 1 atom stereocenters. The molecule has 0 aliphatic rings. The molecule has 68 valence electrons. The monoisotopic (exact) mass is 199 g/mol. The van der Waals surface area contributed by atoms with Gasteiger partial charge in [-0.15, -0.1) is 0 Å². The molecule has 0 spiro atoms. The number of hydrogen-bond acceptors (Lipinski definition) is 2. The van der Waals surface area contributed by atoms with Gasteiger partial charge in [0.25, 0.3) is 0 Å². The molecule has 0 N–H and O–H groups in total. The summed E-state index contributed by atoms with van der Waals surface area (Å²) in [5, 5.41) is 0.459. The number of halogens is 2. The van der Waals surface area contributed by atoms with Crippen molar-refractivity contribution in [3.05, 3.63) is 34.3 Å². The molecule has 0 bridgehead atoms. The highest BCUT2D eigenvalue weighted by Crippen LogP contribution is 2.23. The molecule has 2 nitrogen and oxygen atoms in total. The van der Waals surface area contributed by atoms with Crippen LogP contribution in [0.3, 0.4) is 0 Å². The zero-order chi connectivity index (χ0) is 9.84. The molecular formula is C9H7ClFNO. The molecule has 0 aliphatic heterocycles. The van der Waals surface area contributed by atoms with Crippen molar-refractivity contribution in [1.82, 2.24) is 0 Å². The first-order valence-corrected chi connectivity index (χ1v) is 4.00. The van der Waals surface area contributed by atoms with Gasteiger partial charge in [-0.1, -0.05) is 23.7 Å². The van der Waals surface area contributed by atoms with Gasteiger partial charge in [0.05, 0.1) is 0 Å². The van der Waals surface area contributed by atoms with Gasteiger partial charge in [0.1, 0.15) is 0 Å². The van der Waals surface area contributed by atoms with E-state index in [1.165, 1.54) is 12.1 Å². The fourth-order valence-electron chi connectivity index (χ4n) is 0.878. The number of aryl methyl sites for hydroxylation is 1. The van der Waals surface area contributed by atoms with Crippen LogP contribution < -0.4 is 0 Å². The molecule has 1 unspecified atom stereocenters. The number of carbonyl (C=O) groups excluding carboxylic acids is 1. The Balaban J connectivity index is 3.03. The largest absolute Gasteiger partial charge is 0.238 e. The Kier molecular flexibility index (Phi) is 3.18. The molecule has 0 saturated carbocycles. The van der Waals surface area contributed by atoms with Gasteiger partial charge in [0, 0.05) is 10.6 Å². The van der Waals surface area contributed by atoms with Crippen molar-refractivity contribution in [3.8, 4) is 0 Å². The highest BCUT2D eigenvalue weighted by Gasteiger charge is 2.08. The lowest BCUT2D eigenvalue weighted by molar-refractivity contribution is 0.356. The topological polar surface area (TPSA) is 29.4 Å². The summed E-state index contributed by atoms with van der Waals surface area (Å²) in [5.74, 6) is 0. The molecule has 13 heavy (non-hydrogen) atoms. The minimum atomic E-state index is -1.67. The quantitative estimate of drug-likeness (QED) is 0.409. The SMILES string of the molecule is Cc1ccc(C(F)N=C=O)cc1Cl. The average molecular weight is 200 g/mol. The first-order chi connectivity index (χ1) is 6.15. The minimum Gasteiger partial charge on any atom is -0.215 e. The van der Waals surface area contributed by atoms with Gasteiger partial charge in [0.15, 0.2) is 0 Å². The summed E-state index contributed by atoms with van der Waals surface area (Å²) in [6.45, 7) is 1.81. The lowest BCUT2D eigenvalue weighted by atomic mass is 10.1. The van der Waals surface area contributed by atoms with Gasteiger partial charge in [-0.05, 0) is 18.6 Å². The van der Waals surface area contributed by atoms with Crippen molar-refractivity contribution < 1.29 is 9.18 Å². The van der Waals surface area contributed by atoms with Crippen molar-refractivity contribution >= 4 is 17.7 Å². The number of aliphatic imine (C=N–C) groups is 1. The molecule has 4 heteroatoms. The van der Waals surface area contributed by atoms with Gasteiger partial charge < -0.3 is 0 Å². The van der Waals surface area contributed by atoms with Crippen LogP contribution in [0.5, 0.6) is 0 Å². The summed E-state index contributed by atoms with van der Waals surface area (Å²) in [6, 6.07) is 4.65. The maximum atomic E-state index is 13.0. The van der Waals surface area contributed by atoms with E-state index in [9.17, 15) is 9.18 Å². The Bertz CT molecular complexity index is 361. The van der Waals surface area contributed by atoms with Gasteiger partial charge in [0.2, 0.25) is 12.4 Å². The molecule has 0 radical (unpaired) electrons. The summed E-state index contributed by atoms with van der Waals surface area (Å²) in [7, 11) is 0. The van der Waals surface area contributed by atoms with Crippen molar-refractivity contribution in [2.45, 2.75) is 13.2 Å². The van der Waals surface area contributed by atoms with E-state index in [1.54, 1.807) is 6.07 Å². The van der Waals surface area contributed by atoms with Crippen LogP contribution in [0.15, 0.2) is 23.2 Å². The first kappa shape index (κ1) is 9.90. The third-order valence-electron chi connectivity index (χ3n) is 1.64. The summed E-state index contributed by atoms with van der Waals surface area (Å²) in [6.07, 6.45) is -0.514. The molecule has 0 amide bonds. The molecular weight excluding hydrogens is 193 g/mol. The molecule has 1 rings (SSSR count). The van der Waals surface area contributed by atoms with Crippen molar-refractivity contribution in [3.63, 3.8) is 0 Å². The molecule has 0 heterocycles. The normalized spacial score (nSPS) is 11.9. The first-order valence-electron chi connectivity index (χ1n) is 3.62. The van der Waals surface area contributed by atoms with Crippen LogP contribution in [0.25, 0.3) is 0 Å². The highest BCUT2D eigenvalue weighted by molar-refractivity contribution is 6.31. The molecule has 0 saturated heterocycles. The standard InChI is InChI=1S/C9H7ClFNO/c1-6-2-3-7(4-8(6)10)9(11)12-5-13/h2-4,9H,1H3. The van der Waals surface area contributed by atoms with Crippen molar-refractivity contribution in [1.29, 1.82) is 0 Å². The second kappa shape index (κ2) is 4.17. The highest BCUT2D eigenvalue weighted by atomic mass is 35.5. The lowest BCUT2D eigenvalue weighted by Crippen LogP contribution is -1.88. The number of isocyanates is 1. The molecule has 0 aliphatic carbocycles. The van der Waals surface area contributed by atoms with E-state index in [2.05, 4.69) is 4.99 Å². The third-order valence-corrected chi connectivity index (χ3v) is 2.04. The van der Waals surface area contributed by atoms with E-state index in [4.69, 9.17) is 11.6 Å². The van der Waals surface area contributed by atoms with E-state index >= 15 is 0 Å².